The molecule has 0 spiro atoms. The first-order chi connectivity index (χ1) is 13.0. The number of ether oxygens (including phenoxy) is 2. The summed E-state index contributed by atoms with van der Waals surface area (Å²) in [6.45, 7) is 0. The molecule has 1 N–H and O–H groups in total. The highest BCUT2D eigenvalue weighted by atomic mass is 35.5. The van der Waals surface area contributed by atoms with E-state index in [0.717, 1.165) is 0 Å². The summed E-state index contributed by atoms with van der Waals surface area (Å²) in [6.07, 6.45) is 1.46. The third-order valence-electron chi connectivity index (χ3n) is 3.77. The number of aromatic nitrogens is 3. The van der Waals surface area contributed by atoms with Gasteiger partial charge >= 0.3 is 12.3 Å². The number of carbonyl (C=O) groups excluding carboxylic acids is 1. The SMILES string of the molecule is O=C(c1cc2c(c(Cl)c1Cl)OC(C(=O)O)O2)c1ccnn1-c1ccccn1. The summed E-state index contributed by atoms with van der Waals surface area (Å²) in [5.41, 5.74) is 0.216. The molecule has 0 saturated carbocycles. The number of nitrogens with zero attached hydrogens (tertiary/aromatic N) is 3. The molecule has 0 saturated heterocycles. The van der Waals surface area contributed by atoms with Crippen LogP contribution in [0.1, 0.15) is 16.1 Å². The number of carboxylic acid groups (broad SMARTS) is 1. The number of pyridine rings is 1. The van der Waals surface area contributed by atoms with Crippen LogP contribution in [0.15, 0.2) is 42.7 Å². The van der Waals surface area contributed by atoms with Gasteiger partial charge in [-0.3, -0.25) is 4.79 Å². The Hall–Kier alpha value is -3.10. The zero-order valence-corrected chi connectivity index (χ0v) is 14.8. The van der Waals surface area contributed by atoms with Gasteiger partial charge in [0.2, 0.25) is 5.78 Å². The van der Waals surface area contributed by atoms with Gasteiger partial charge in [-0.1, -0.05) is 29.3 Å². The Kier molecular flexibility index (Phi) is 4.21. The van der Waals surface area contributed by atoms with Crippen LogP contribution < -0.4 is 9.47 Å². The second-order valence-corrected chi connectivity index (χ2v) is 6.19. The number of ketones is 1. The van der Waals surface area contributed by atoms with E-state index in [1.807, 2.05) is 0 Å². The minimum absolute atomic E-state index is 0.0176. The number of fused-ring (bicyclic) bond motifs is 1. The average molecular weight is 406 g/mol. The third-order valence-corrected chi connectivity index (χ3v) is 4.62. The molecule has 0 radical (unpaired) electrons. The molecule has 136 valence electrons. The van der Waals surface area contributed by atoms with E-state index in [1.165, 1.54) is 23.0 Å². The average Bonchev–Trinajstić information content (AvgIpc) is 3.32. The highest BCUT2D eigenvalue weighted by Crippen LogP contribution is 2.46. The normalized spacial score (nSPS) is 15.0. The molecule has 10 heteroatoms. The van der Waals surface area contributed by atoms with Crippen molar-refractivity contribution in [2.45, 2.75) is 6.29 Å². The summed E-state index contributed by atoms with van der Waals surface area (Å²) in [7, 11) is 0. The first kappa shape index (κ1) is 17.3. The van der Waals surface area contributed by atoms with E-state index in [2.05, 4.69) is 10.1 Å². The molecular formula is C17H9Cl2N3O5. The Labute approximate surface area is 161 Å². The Bertz CT molecular complexity index is 1070. The van der Waals surface area contributed by atoms with Gasteiger partial charge in [0.25, 0.3) is 0 Å². The molecule has 1 aliphatic heterocycles. The second kappa shape index (κ2) is 6.57. The van der Waals surface area contributed by atoms with Gasteiger partial charge in [-0.2, -0.15) is 5.10 Å². The number of carbonyl (C=O) groups is 2. The molecule has 1 aliphatic rings. The highest BCUT2D eigenvalue weighted by Gasteiger charge is 2.35. The van der Waals surface area contributed by atoms with Crippen LogP contribution in [-0.4, -0.2) is 37.9 Å². The van der Waals surface area contributed by atoms with E-state index in [1.54, 1.807) is 24.4 Å². The molecular weight excluding hydrogens is 397 g/mol. The first-order valence-electron chi connectivity index (χ1n) is 7.55. The monoisotopic (exact) mass is 405 g/mol. The third kappa shape index (κ3) is 2.88. The lowest BCUT2D eigenvalue weighted by Crippen LogP contribution is -2.28. The van der Waals surface area contributed by atoms with E-state index >= 15 is 0 Å². The summed E-state index contributed by atoms with van der Waals surface area (Å²) in [5, 5.41) is 13.0. The number of halogens is 2. The van der Waals surface area contributed by atoms with Crippen LogP contribution in [0.4, 0.5) is 0 Å². The van der Waals surface area contributed by atoms with Crippen LogP contribution in [0.2, 0.25) is 10.0 Å². The predicted octanol–water partition coefficient (Wildman–Crippen LogP) is 2.99. The lowest BCUT2D eigenvalue weighted by atomic mass is 10.1. The fraction of sp³-hybridized carbons (Fsp3) is 0.0588. The van der Waals surface area contributed by atoms with E-state index < -0.39 is 18.0 Å². The maximum Gasteiger partial charge on any atom is 0.387 e. The predicted molar refractivity (Wildman–Crippen MR) is 93.9 cm³/mol. The van der Waals surface area contributed by atoms with Gasteiger partial charge in [0, 0.05) is 11.8 Å². The van der Waals surface area contributed by atoms with Crippen LogP contribution in [0, 0.1) is 0 Å². The molecule has 3 heterocycles. The largest absolute Gasteiger partial charge is 0.476 e. The van der Waals surface area contributed by atoms with E-state index in [4.69, 9.17) is 37.8 Å². The second-order valence-electron chi connectivity index (χ2n) is 5.43. The Morgan fingerprint density at radius 2 is 1.93 bits per heavy atom. The zero-order valence-electron chi connectivity index (χ0n) is 13.3. The molecule has 8 nitrogen and oxygen atoms in total. The molecule has 1 aromatic carbocycles. The summed E-state index contributed by atoms with van der Waals surface area (Å²) in [4.78, 5) is 28.3. The Morgan fingerprint density at radius 1 is 1.11 bits per heavy atom. The van der Waals surface area contributed by atoms with E-state index in [0.29, 0.717) is 5.82 Å². The van der Waals surface area contributed by atoms with Crippen LogP contribution in [0.5, 0.6) is 11.5 Å². The molecule has 27 heavy (non-hydrogen) atoms. The van der Waals surface area contributed by atoms with Crippen LogP contribution in [0.3, 0.4) is 0 Å². The topological polar surface area (TPSA) is 104 Å². The highest BCUT2D eigenvalue weighted by molar-refractivity contribution is 6.45. The van der Waals surface area contributed by atoms with Gasteiger partial charge in [0.1, 0.15) is 10.7 Å². The molecule has 2 aromatic heterocycles. The van der Waals surface area contributed by atoms with Gasteiger partial charge in [-0.25, -0.2) is 14.5 Å². The van der Waals surface area contributed by atoms with Gasteiger partial charge in [-0.15, -0.1) is 0 Å². The fourth-order valence-electron chi connectivity index (χ4n) is 2.57. The number of rotatable bonds is 4. The van der Waals surface area contributed by atoms with Gasteiger partial charge < -0.3 is 14.6 Å². The van der Waals surface area contributed by atoms with Crippen LogP contribution >= 0.6 is 23.2 Å². The summed E-state index contributed by atoms with van der Waals surface area (Å²) in [5.74, 6) is -1.39. The molecule has 1 unspecified atom stereocenters. The van der Waals surface area contributed by atoms with Crippen molar-refractivity contribution >= 4 is 35.0 Å². The number of aliphatic carboxylic acids is 1. The minimum Gasteiger partial charge on any atom is -0.476 e. The van der Waals surface area contributed by atoms with Crippen molar-refractivity contribution in [3.63, 3.8) is 0 Å². The smallest absolute Gasteiger partial charge is 0.387 e. The van der Waals surface area contributed by atoms with E-state index in [-0.39, 0.29) is 32.8 Å². The first-order valence-corrected chi connectivity index (χ1v) is 8.31. The zero-order chi connectivity index (χ0) is 19.1. The van der Waals surface area contributed by atoms with Crippen molar-refractivity contribution in [3.05, 3.63) is 64.0 Å². The van der Waals surface area contributed by atoms with Gasteiger partial charge in [0.05, 0.1) is 11.2 Å². The van der Waals surface area contributed by atoms with Crippen molar-refractivity contribution in [2.24, 2.45) is 0 Å². The lowest BCUT2D eigenvalue weighted by molar-refractivity contribution is -0.154. The van der Waals surface area contributed by atoms with Crippen molar-refractivity contribution in [1.82, 2.24) is 14.8 Å². The molecule has 0 bridgehead atoms. The summed E-state index contributed by atoms with van der Waals surface area (Å²) in [6, 6.07) is 7.99. The van der Waals surface area contributed by atoms with Crippen LogP contribution in [-0.2, 0) is 4.79 Å². The summed E-state index contributed by atoms with van der Waals surface area (Å²) < 4.78 is 11.7. The molecule has 3 aromatic rings. The maximum atomic E-state index is 13.0. The number of carboxylic acids is 1. The van der Waals surface area contributed by atoms with Crippen LogP contribution in [0.25, 0.3) is 5.82 Å². The molecule has 0 fully saturated rings. The van der Waals surface area contributed by atoms with Crippen molar-refractivity contribution in [3.8, 4) is 17.3 Å². The standard InChI is InChI=1S/C17H9Cl2N3O5/c18-12-8(7-10-15(13(12)19)27-17(26-10)16(24)25)14(23)9-4-6-21-22(9)11-3-1-2-5-20-11/h1-7,17H,(H,24,25). The van der Waals surface area contributed by atoms with Crippen molar-refractivity contribution < 1.29 is 24.2 Å². The summed E-state index contributed by atoms with van der Waals surface area (Å²) >= 11 is 12.4. The fourth-order valence-corrected chi connectivity index (χ4v) is 3.04. The van der Waals surface area contributed by atoms with Gasteiger partial charge in [-0.05, 0) is 24.3 Å². The number of benzene rings is 1. The van der Waals surface area contributed by atoms with Crippen molar-refractivity contribution in [1.29, 1.82) is 0 Å². The van der Waals surface area contributed by atoms with Crippen molar-refractivity contribution in [2.75, 3.05) is 0 Å². The number of hydrogen-bond donors (Lipinski definition) is 1. The number of hydrogen-bond acceptors (Lipinski definition) is 6. The van der Waals surface area contributed by atoms with Gasteiger partial charge in [0.15, 0.2) is 17.3 Å². The lowest BCUT2D eigenvalue weighted by Gasteiger charge is -2.09. The molecule has 1 atom stereocenters. The quantitative estimate of drug-likeness (QED) is 0.665. The Balaban J connectivity index is 1.77. The molecule has 0 aliphatic carbocycles. The minimum atomic E-state index is -1.56. The van der Waals surface area contributed by atoms with E-state index in [9.17, 15) is 9.59 Å². The Morgan fingerprint density at radius 3 is 2.63 bits per heavy atom. The maximum absolute atomic E-state index is 13.0. The molecule has 4 rings (SSSR count). The molecule has 0 amide bonds.